The van der Waals surface area contributed by atoms with Gasteiger partial charge in [-0.1, -0.05) is 18.2 Å². The van der Waals surface area contributed by atoms with E-state index in [-0.39, 0.29) is 23.7 Å². The summed E-state index contributed by atoms with van der Waals surface area (Å²) < 4.78 is 41.0. The largest absolute Gasteiger partial charge is 0.451 e. The molecule has 0 aliphatic carbocycles. The number of nitrogens with zero attached hydrogens (tertiary/aromatic N) is 3. The van der Waals surface area contributed by atoms with Gasteiger partial charge in [0.15, 0.2) is 29.4 Å². The van der Waals surface area contributed by atoms with Crippen LogP contribution in [-0.4, -0.2) is 45.2 Å². The van der Waals surface area contributed by atoms with E-state index in [4.69, 9.17) is 15.2 Å². The Morgan fingerprint density at radius 1 is 1.15 bits per heavy atom. The quantitative estimate of drug-likeness (QED) is 0.429. The molecular weight excluding hydrogens is 508 g/mol. The number of hydrogen-bond donors (Lipinski definition) is 3. The number of fused-ring (bicyclic) bond motifs is 1. The molecule has 0 saturated carbocycles. The van der Waals surface area contributed by atoms with Gasteiger partial charge in [0.2, 0.25) is 0 Å². The average Bonchev–Trinajstić information content (AvgIpc) is 3.30. The zero-order valence-electron chi connectivity index (χ0n) is 21.9. The number of likely N-dealkylation sites (tertiary alicyclic amines) is 1. The number of benzene rings is 2. The van der Waals surface area contributed by atoms with Crippen molar-refractivity contribution in [1.29, 1.82) is 0 Å². The number of carbonyl (C=O) groups excluding carboxylic acids is 1. The number of aliphatic hydroxyl groups is 1. The van der Waals surface area contributed by atoms with Crippen LogP contribution in [-0.2, 0) is 4.74 Å². The molecule has 0 spiro atoms. The van der Waals surface area contributed by atoms with E-state index in [9.17, 15) is 18.7 Å². The fraction of sp³-hybridized carbons (Fsp3) is 0.357. The first-order valence-electron chi connectivity index (χ1n) is 12.7. The lowest BCUT2D eigenvalue weighted by molar-refractivity contribution is 0.0167. The highest BCUT2D eigenvalue weighted by molar-refractivity contribution is 6.05. The number of nitrogens with one attached hydrogen (secondary N) is 1. The van der Waals surface area contributed by atoms with Crippen LogP contribution in [0.1, 0.15) is 57.1 Å². The summed E-state index contributed by atoms with van der Waals surface area (Å²) >= 11 is 0. The Hall–Kier alpha value is -4.12. The minimum atomic E-state index is -1.11. The number of para-hydroxylation sites is 1. The highest BCUT2D eigenvalue weighted by Gasteiger charge is 2.34. The topological polar surface area (TPSA) is 114 Å². The summed E-state index contributed by atoms with van der Waals surface area (Å²) in [6.45, 7) is 6.47. The van der Waals surface area contributed by atoms with Crippen LogP contribution >= 0.6 is 0 Å². The number of hydrogen-bond acceptors (Lipinski definition) is 7. The molecule has 206 valence electrons. The SMILES string of the molecule is CC(C)(C)OC(=O)N1CCC[C@@H](n2cc(-c3ccc(Oc4c(F)cccc4F)cc3)c3c2C(O)NN=C3N)C1. The van der Waals surface area contributed by atoms with E-state index in [2.05, 4.69) is 10.5 Å². The van der Waals surface area contributed by atoms with Crippen LogP contribution in [0.25, 0.3) is 11.1 Å². The Balaban J connectivity index is 1.46. The van der Waals surface area contributed by atoms with Crippen LogP contribution in [0.15, 0.2) is 53.8 Å². The smallest absolute Gasteiger partial charge is 0.410 e. The summed E-state index contributed by atoms with van der Waals surface area (Å²) in [6.07, 6.45) is 1.95. The van der Waals surface area contributed by atoms with E-state index in [0.717, 1.165) is 30.5 Å². The van der Waals surface area contributed by atoms with Crippen LogP contribution in [0.5, 0.6) is 11.5 Å². The average molecular weight is 540 g/mol. The van der Waals surface area contributed by atoms with Gasteiger partial charge in [-0.2, -0.15) is 5.10 Å². The number of aromatic nitrogens is 1. The summed E-state index contributed by atoms with van der Waals surface area (Å²) in [5, 5.41) is 14.9. The highest BCUT2D eigenvalue weighted by Crippen LogP contribution is 2.38. The molecule has 3 aromatic rings. The van der Waals surface area contributed by atoms with E-state index in [0.29, 0.717) is 29.9 Å². The molecule has 2 aromatic carbocycles. The Kier molecular flexibility index (Phi) is 6.94. The summed E-state index contributed by atoms with van der Waals surface area (Å²) in [7, 11) is 0. The van der Waals surface area contributed by atoms with Crippen LogP contribution in [0.2, 0.25) is 0 Å². The first-order chi connectivity index (χ1) is 18.5. The van der Waals surface area contributed by atoms with Gasteiger partial charge in [-0.25, -0.2) is 13.6 Å². The number of carbonyl (C=O) groups is 1. The lowest BCUT2D eigenvalue weighted by atomic mass is 10.0. The summed E-state index contributed by atoms with van der Waals surface area (Å²) in [6, 6.07) is 10.1. The van der Waals surface area contributed by atoms with Gasteiger partial charge in [-0.3, -0.25) is 5.43 Å². The first kappa shape index (κ1) is 26.5. The first-order valence-corrected chi connectivity index (χ1v) is 12.7. The summed E-state index contributed by atoms with van der Waals surface area (Å²) in [5.41, 5.74) is 10.9. The van der Waals surface area contributed by atoms with E-state index >= 15 is 0 Å². The molecule has 1 aromatic heterocycles. The molecule has 0 bridgehead atoms. The molecule has 0 radical (unpaired) electrons. The lowest BCUT2D eigenvalue weighted by Gasteiger charge is -2.36. The van der Waals surface area contributed by atoms with Gasteiger partial charge in [0.05, 0.1) is 17.3 Å². The van der Waals surface area contributed by atoms with Crippen molar-refractivity contribution in [1.82, 2.24) is 14.9 Å². The molecule has 9 nitrogen and oxygen atoms in total. The number of halogens is 2. The number of nitrogens with two attached hydrogens (primary N) is 1. The number of rotatable bonds is 4. The van der Waals surface area contributed by atoms with Crippen molar-refractivity contribution in [3.63, 3.8) is 0 Å². The molecule has 1 saturated heterocycles. The normalized spacial score (nSPS) is 19.1. The van der Waals surface area contributed by atoms with Crippen LogP contribution in [0, 0.1) is 11.6 Å². The maximum absolute atomic E-state index is 14.0. The van der Waals surface area contributed by atoms with Gasteiger partial charge in [0.1, 0.15) is 11.4 Å². The minimum absolute atomic E-state index is 0.136. The van der Waals surface area contributed by atoms with E-state index < -0.39 is 29.2 Å². The van der Waals surface area contributed by atoms with Crippen molar-refractivity contribution < 1.29 is 28.2 Å². The molecule has 11 heteroatoms. The number of ether oxygens (including phenoxy) is 2. The van der Waals surface area contributed by atoms with Crippen molar-refractivity contribution in [2.45, 2.75) is 51.5 Å². The number of aliphatic hydroxyl groups excluding tert-OH is 1. The monoisotopic (exact) mass is 539 g/mol. The maximum Gasteiger partial charge on any atom is 0.410 e. The zero-order valence-corrected chi connectivity index (χ0v) is 21.9. The molecule has 2 atom stereocenters. The van der Waals surface area contributed by atoms with Crippen molar-refractivity contribution in [2.75, 3.05) is 13.1 Å². The predicted molar refractivity (Wildman–Crippen MR) is 141 cm³/mol. The van der Waals surface area contributed by atoms with Crippen molar-refractivity contribution in [2.24, 2.45) is 10.8 Å². The Bertz CT molecular complexity index is 1390. The Labute approximate surface area is 224 Å². The second-order valence-corrected chi connectivity index (χ2v) is 10.6. The van der Waals surface area contributed by atoms with Crippen LogP contribution in [0.3, 0.4) is 0 Å². The van der Waals surface area contributed by atoms with Gasteiger partial charge in [0.25, 0.3) is 0 Å². The van der Waals surface area contributed by atoms with E-state index in [1.807, 2.05) is 31.5 Å². The maximum atomic E-state index is 14.0. The number of amides is 1. The molecule has 2 aliphatic heterocycles. The third kappa shape index (κ3) is 5.40. The second kappa shape index (κ2) is 10.2. The van der Waals surface area contributed by atoms with E-state index in [1.54, 1.807) is 29.2 Å². The Morgan fingerprint density at radius 3 is 2.51 bits per heavy atom. The molecule has 1 amide bonds. The van der Waals surface area contributed by atoms with Gasteiger partial charge in [-0.15, -0.1) is 0 Å². The van der Waals surface area contributed by atoms with Gasteiger partial charge in [-0.05, 0) is 63.4 Å². The van der Waals surface area contributed by atoms with Crippen molar-refractivity contribution in [3.8, 4) is 22.6 Å². The van der Waals surface area contributed by atoms with Gasteiger partial charge in [0, 0.05) is 24.8 Å². The minimum Gasteiger partial charge on any atom is -0.451 e. The van der Waals surface area contributed by atoms with Crippen molar-refractivity contribution >= 4 is 11.9 Å². The molecule has 5 rings (SSSR count). The lowest BCUT2D eigenvalue weighted by Crippen LogP contribution is -2.44. The third-order valence-corrected chi connectivity index (χ3v) is 6.64. The number of hydrazone groups is 1. The van der Waals surface area contributed by atoms with Crippen LogP contribution < -0.4 is 15.9 Å². The fourth-order valence-electron chi connectivity index (χ4n) is 4.93. The molecule has 2 aliphatic rings. The molecule has 1 fully saturated rings. The van der Waals surface area contributed by atoms with Crippen LogP contribution in [0.4, 0.5) is 13.6 Å². The number of amidine groups is 1. The third-order valence-electron chi connectivity index (χ3n) is 6.64. The van der Waals surface area contributed by atoms with Crippen molar-refractivity contribution in [3.05, 3.63) is 71.6 Å². The zero-order chi connectivity index (χ0) is 27.9. The standard InChI is InChI=1S/C28H31F2N5O4/c1-28(2,3)39-27(37)34-13-5-6-17(14-34)35-15-19(22-23(35)26(36)33-32-25(22)31)16-9-11-18(12-10-16)38-24-20(29)7-4-8-21(24)30/h4,7-12,15,17,26,33,36H,5-6,13-14H2,1-3H3,(H2,31,32)/t17-,26?/m1/s1. The van der Waals surface area contributed by atoms with E-state index in [1.165, 1.54) is 6.07 Å². The fourth-order valence-corrected chi connectivity index (χ4v) is 4.93. The predicted octanol–water partition coefficient (Wildman–Crippen LogP) is 5.01. The molecular formula is C28H31F2N5O4. The Morgan fingerprint density at radius 2 is 1.85 bits per heavy atom. The number of piperidine rings is 1. The molecule has 4 N–H and O–H groups in total. The summed E-state index contributed by atoms with van der Waals surface area (Å²) in [5.74, 6) is -1.63. The highest BCUT2D eigenvalue weighted by atomic mass is 19.1. The molecule has 39 heavy (non-hydrogen) atoms. The van der Waals surface area contributed by atoms with Gasteiger partial charge < -0.3 is 29.8 Å². The molecule has 1 unspecified atom stereocenters. The van der Waals surface area contributed by atoms with Gasteiger partial charge >= 0.3 is 6.09 Å². The summed E-state index contributed by atoms with van der Waals surface area (Å²) in [4.78, 5) is 14.4. The molecule has 3 heterocycles. The second-order valence-electron chi connectivity index (χ2n) is 10.6.